The van der Waals surface area contributed by atoms with Gasteiger partial charge in [0.15, 0.2) is 5.13 Å². The molecule has 0 bridgehead atoms. The van der Waals surface area contributed by atoms with E-state index in [0.29, 0.717) is 21.3 Å². The van der Waals surface area contributed by atoms with Crippen LogP contribution in [0.1, 0.15) is 22.3 Å². The quantitative estimate of drug-likeness (QED) is 0.387. The van der Waals surface area contributed by atoms with Gasteiger partial charge < -0.3 is 10.1 Å². The fraction of sp³-hybridized carbons (Fsp3) is 0.0800. The normalized spacial score (nSPS) is 10.2. The zero-order valence-electron chi connectivity index (χ0n) is 17.0. The lowest BCUT2D eigenvalue weighted by Gasteiger charge is -2.11. The lowest BCUT2D eigenvalue weighted by molar-refractivity contribution is 0.489. The number of rotatable bonds is 5. The van der Waals surface area contributed by atoms with E-state index in [2.05, 4.69) is 17.5 Å². The minimum atomic E-state index is 0.602. The molecular weight excluding hydrogens is 404 g/mol. The van der Waals surface area contributed by atoms with Gasteiger partial charge in [-0.1, -0.05) is 41.7 Å². The maximum Gasteiger partial charge on any atom is 0.210 e. The van der Waals surface area contributed by atoms with Crippen LogP contribution >= 0.6 is 11.3 Å². The van der Waals surface area contributed by atoms with E-state index in [0.717, 1.165) is 33.8 Å². The summed E-state index contributed by atoms with van der Waals surface area (Å²) in [7, 11) is 0. The topological polar surface area (TPSA) is 81.7 Å². The Hall–Kier alpha value is -4.13. The van der Waals surface area contributed by atoms with Crippen molar-refractivity contribution in [2.45, 2.75) is 13.8 Å². The molecule has 1 aromatic heterocycles. The van der Waals surface area contributed by atoms with Gasteiger partial charge in [0.25, 0.3) is 0 Å². The van der Waals surface area contributed by atoms with Crippen LogP contribution in [0.5, 0.6) is 10.8 Å². The molecule has 0 aliphatic carbocycles. The van der Waals surface area contributed by atoms with Gasteiger partial charge in [-0.25, -0.2) is 4.98 Å². The first-order valence-electron chi connectivity index (χ1n) is 9.60. The molecule has 4 rings (SSSR count). The first kappa shape index (κ1) is 20.2. The minimum Gasteiger partial charge on any atom is -0.444 e. The van der Waals surface area contributed by atoms with Gasteiger partial charge in [0, 0.05) is 11.3 Å². The number of hydrogen-bond acceptors (Lipinski definition) is 6. The highest BCUT2D eigenvalue weighted by molar-refractivity contribution is 7.18. The number of nitrogens with zero attached hydrogens (tertiary/aromatic N) is 3. The van der Waals surface area contributed by atoms with Crippen LogP contribution in [-0.2, 0) is 0 Å². The molecule has 0 spiro atoms. The van der Waals surface area contributed by atoms with E-state index in [9.17, 15) is 5.26 Å². The van der Waals surface area contributed by atoms with Gasteiger partial charge in [-0.05, 0) is 61.4 Å². The molecule has 0 amide bonds. The molecule has 4 aromatic rings. The molecule has 3 aromatic carbocycles. The number of nitriles is 2. The number of hydrogen-bond donors (Lipinski definition) is 1. The third-order valence-corrected chi connectivity index (χ3v) is 5.54. The number of nitrogens with one attached hydrogen (secondary N) is 1. The molecule has 1 N–H and O–H groups in total. The number of thiazole rings is 1. The van der Waals surface area contributed by atoms with Crippen LogP contribution in [0.2, 0.25) is 0 Å². The van der Waals surface area contributed by atoms with E-state index in [-0.39, 0.29) is 0 Å². The molecule has 0 unspecified atom stereocenters. The largest absolute Gasteiger partial charge is 0.444 e. The van der Waals surface area contributed by atoms with Crippen molar-refractivity contribution in [1.82, 2.24) is 4.98 Å². The van der Waals surface area contributed by atoms with Crippen molar-refractivity contribution in [3.8, 4) is 34.2 Å². The average molecular weight is 423 g/mol. The van der Waals surface area contributed by atoms with Crippen molar-refractivity contribution in [3.05, 3.63) is 89.0 Å². The fourth-order valence-electron chi connectivity index (χ4n) is 3.23. The van der Waals surface area contributed by atoms with E-state index in [4.69, 9.17) is 15.0 Å². The first-order chi connectivity index (χ1) is 15.1. The third-order valence-electron chi connectivity index (χ3n) is 4.69. The lowest BCUT2D eigenvalue weighted by atomic mass is 10.1. The van der Waals surface area contributed by atoms with E-state index in [1.165, 1.54) is 11.3 Å². The number of benzene rings is 3. The lowest BCUT2D eigenvalue weighted by Crippen LogP contribution is -1.93. The van der Waals surface area contributed by atoms with Crippen molar-refractivity contribution in [2.24, 2.45) is 0 Å². The zero-order valence-corrected chi connectivity index (χ0v) is 17.8. The molecular formula is C25H18N4OS. The van der Waals surface area contributed by atoms with E-state index in [1.807, 2.05) is 68.4 Å². The van der Waals surface area contributed by atoms with Crippen molar-refractivity contribution in [2.75, 3.05) is 5.32 Å². The second-order valence-electron chi connectivity index (χ2n) is 6.99. The summed E-state index contributed by atoms with van der Waals surface area (Å²) in [5, 5.41) is 22.8. The number of aryl methyl sites for hydroxylation is 2. The monoisotopic (exact) mass is 422 g/mol. The first-order valence-corrected chi connectivity index (χ1v) is 10.4. The molecule has 5 nitrogen and oxygen atoms in total. The molecule has 0 aliphatic heterocycles. The Kier molecular flexibility index (Phi) is 5.66. The molecule has 6 heteroatoms. The Bertz CT molecular complexity index is 1290. The average Bonchev–Trinajstić information content (AvgIpc) is 3.19. The van der Waals surface area contributed by atoms with Crippen molar-refractivity contribution in [1.29, 1.82) is 10.5 Å². The van der Waals surface area contributed by atoms with E-state index in [1.54, 1.807) is 12.1 Å². The highest BCUT2D eigenvalue weighted by Gasteiger charge is 2.18. The molecule has 0 radical (unpaired) electrons. The Morgan fingerprint density at radius 2 is 1.52 bits per heavy atom. The highest BCUT2D eigenvalue weighted by Crippen LogP contribution is 2.43. The molecule has 31 heavy (non-hydrogen) atoms. The molecule has 0 aliphatic rings. The molecule has 0 saturated heterocycles. The molecule has 0 fully saturated rings. The summed E-state index contributed by atoms with van der Waals surface area (Å²) in [4.78, 5) is 4.77. The fourth-order valence-corrected chi connectivity index (χ4v) is 4.09. The maximum absolute atomic E-state index is 9.21. The van der Waals surface area contributed by atoms with Gasteiger partial charge in [-0.3, -0.25) is 0 Å². The predicted molar refractivity (Wildman–Crippen MR) is 123 cm³/mol. The Morgan fingerprint density at radius 3 is 2.13 bits per heavy atom. The zero-order chi connectivity index (χ0) is 21.8. The van der Waals surface area contributed by atoms with Crippen LogP contribution < -0.4 is 10.1 Å². The molecule has 0 atom stereocenters. The second-order valence-corrected chi connectivity index (χ2v) is 7.95. The van der Waals surface area contributed by atoms with Gasteiger partial charge in [-0.15, -0.1) is 0 Å². The van der Waals surface area contributed by atoms with Gasteiger partial charge in [0.2, 0.25) is 5.06 Å². The standard InChI is InChI=1S/C25H18N4OS/c1-16-12-19(15-27)13-17(2)23(16)30-24-22(20-6-4-3-5-7-20)29-25(31-24)28-21-10-8-18(14-26)9-11-21/h3-13H,1-2H3,(H,28,29). The van der Waals surface area contributed by atoms with Crippen LogP contribution in [0.25, 0.3) is 11.3 Å². The maximum atomic E-state index is 9.21. The Morgan fingerprint density at radius 1 is 0.871 bits per heavy atom. The number of anilines is 2. The summed E-state index contributed by atoms with van der Waals surface area (Å²) in [5.41, 5.74) is 5.53. The van der Waals surface area contributed by atoms with Crippen LogP contribution in [0.4, 0.5) is 10.8 Å². The third kappa shape index (κ3) is 4.40. The predicted octanol–water partition coefficient (Wildman–Crippen LogP) is 6.71. The Balaban J connectivity index is 1.72. The molecule has 150 valence electrons. The number of ether oxygens (including phenoxy) is 1. The van der Waals surface area contributed by atoms with Crippen molar-refractivity contribution < 1.29 is 4.74 Å². The number of aromatic nitrogens is 1. The highest BCUT2D eigenvalue weighted by atomic mass is 32.1. The van der Waals surface area contributed by atoms with Gasteiger partial charge in [0.05, 0.1) is 23.3 Å². The molecule has 1 heterocycles. The summed E-state index contributed by atoms with van der Waals surface area (Å²) in [5.74, 6) is 0.727. The summed E-state index contributed by atoms with van der Waals surface area (Å²) in [6, 6.07) is 25.0. The van der Waals surface area contributed by atoms with Gasteiger partial charge in [0.1, 0.15) is 11.4 Å². The van der Waals surface area contributed by atoms with Crippen LogP contribution in [-0.4, -0.2) is 4.98 Å². The van der Waals surface area contributed by atoms with Crippen molar-refractivity contribution in [3.63, 3.8) is 0 Å². The summed E-state index contributed by atoms with van der Waals surface area (Å²) < 4.78 is 6.34. The second kappa shape index (κ2) is 8.71. The minimum absolute atomic E-state index is 0.602. The van der Waals surface area contributed by atoms with E-state index >= 15 is 0 Å². The van der Waals surface area contributed by atoms with Crippen molar-refractivity contribution >= 4 is 22.2 Å². The SMILES string of the molecule is Cc1cc(C#N)cc(C)c1Oc1sc(Nc2ccc(C#N)cc2)nc1-c1ccccc1. The van der Waals surface area contributed by atoms with Crippen LogP contribution in [0, 0.1) is 36.5 Å². The van der Waals surface area contributed by atoms with E-state index < -0.39 is 0 Å². The van der Waals surface area contributed by atoms with Gasteiger partial charge >= 0.3 is 0 Å². The van der Waals surface area contributed by atoms with Crippen LogP contribution in [0.15, 0.2) is 66.7 Å². The summed E-state index contributed by atoms with van der Waals surface area (Å²) in [6.45, 7) is 3.87. The van der Waals surface area contributed by atoms with Crippen LogP contribution in [0.3, 0.4) is 0 Å². The molecule has 0 saturated carbocycles. The smallest absolute Gasteiger partial charge is 0.210 e. The Labute approximate surface area is 184 Å². The summed E-state index contributed by atoms with van der Waals surface area (Å²) in [6.07, 6.45) is 0. The summed E-state index contributed by atoms with van der Waals surface area (Å²) >= 11 is 1.41. The van der Waals surface area contributed by atoms with Gasteiger partial charge in [-0.2, -0.15) is 10.5 Å².